The van der Waals surface area contributed by atoms with Crippen molar-refractivity contribution in [3.05, 3.63) is 57.7 Å². The van der Waals surface area contributed by atoms with Gasteiger partial charge in [0.2, 0.25) is 5.91 Å². The normalized spacial score (nSPS) is 17.1. The quantitative estimate of drug-likeness (QED) is 0.734. The second kappa shape index (κ2) is 5.90. The van der Waals surface area contributed by atoms with E-state index in [0.29, 0.717) is 12.4 Å². The summed E-state index contributed by atoms with van der Waals surface area (Å²) in [6.45, 7) is 4.58. The van der Waals surface area contributed by atoms with Crippen LogP contribution in [0.1, 0.15) is 33.9 Å². The van der Waals surface area contributed by atoms with Gasteiger partial charge in [-0.25, -0.2) is 9.67 Å². The molecule has 0 N–H and O–H groups in total. The van der Waals surface area contributed by atoms with Gasteiger partial charge < -0.3 is 9.32 Å². The van der Waals surface area contributed by atoms with E-state index in [1.165, 1.54) is 10.4 Å². The first-order valence-electron chi connectivity index (χ1n) is 7.90. The lowest BCUT2D eigenvalue weighted by molar-refractivity contribution is -0.134. The standard InChI is InChI=1S/C17H18N4O2S/c1-11-18-12(2)21(19-11)10-16(22)20-7-5-15-13(6-9-24-15)17(20)14-4-3-8-23-14/h3-4,6,8-9,17H,5,7,10H2,1-2H3. The summed E-state index contributed by atoms with van der Waals surface area (Å²) in [6, 6.07) is 5.73. The summed E-state index contributed by atoms with van der Waals surface area (Å²) in [5.74, 6) is 2.26. The summed E-state index contributed by atoms with van der Waals surface area (Å²) in [5, 5.41) is 6.39. The lowest BCUT2D eigenvalue weighted by atomic mass is 9.97. The minimum Gasteiger partial charge on any atom is -0.467 e. The van der Waals surface area contributed by atoms with E-state index >= 15 is 0 Å². The number of furan rings is 1. The Morgan fingerprint density at radius 1 is 1.42 bits per heavy atom. The zero-order chi connectivity index (χ0) is 16.7. The van der Waals surface area contributed by atoms with Gasteiger partial charge >= 0.3 is 0 Å². The number of aromatic nitrogens is 3. The van der Waals surface area contributed by atoms with Crippen LogP contribution in [-0.2, 0) is 17.8 Å². The molecule has 0 fully saturated rings. The molecule has 124 valence electrons. The maximum absolute atomic E-state index is 13.0. The van der Waals surface area contributed by atoms with Crippen LogP contribution in [0.3, 0.4) is 0 Å². The summed E-state index contributed by atoms with van der Waals surface area (Å²) in [7, 11) is 0. The average Bonchev–Trinajstić information content (AvgIpc) is 3.28. The number of rotatable bonds is 3. The van der Waals surface area contributed by atoms with E-state index < -0.39 is 0 Å². The average molecular weight is 342 g/mol. The Morgan fingerprint density at radius 2 is 2.29 bits per heavy atom. The van der Waals surface area contributed by atoms with Crippen LogP contribution < -0.4 is 0 Å². The number of hydrogen-bond donors (Lipinski definition) is 0. The van der Waals surface area contributed by atoms with Crippen molar-refractivity contribution >= 4 is 17.2 Å². The molecule has 0 radical (unpaired) electrons. The highest BCUT2D eigenvalue weighted by Gasteiger charge is 2.34. The molecular weight excluding hydrogens is 324 g/mol. The van der Waals surface area contributed by atoms with Crippen LogP contribution in [0.4, 0.5) is 0 Å². The lowest BCUT2D eigenvalue weighted by Gasteiger charge is -2.34. The zero-order valence-corrected chi connectivity index (χ0v) is 14.4. The van der Waals surface area contributed by atoms with Gasteiger partial charge in [-0.2, -0.15) is 5.10 Å². The van der Waals surface area contributed by atoms with Crippen molar-refractivity contribution < 1.29 is 9.21 Å². The van der Waals surface area contributed by atoms with E-state index in [1.54, 1.807) is 22.3 Å². The third-order valence-corrected chi connectivity index (χ3v) is 5.34. The fourth-order valence-corrected chi connectivity index (χ4v) is 4.17. The van der Waals surface area contributed by atoms with Gasteiger partial charge in [-0.3, -0.25) is 4.79 Å². The van der Waals surface area contributed by atoms with Crippen LogP contribution in [0, 0.1) is 13.8 Å². The van der Waals surface area contributed by atoms with Gasteiger partial charge in [0.15, 0.2) is 0 Å². The van der Waals surface area contributed by atoms with Crippen molar-refractivity contribution in [3.8, 4) is 0 Å². The maximum Gasteiger partial charge on any atom is 0.245 e. The highest BCUT2D eigenvalue weighted by atomic mass is 32.1. The third kappa shape index (κ3) is 2.54. The monoisotopic (exact) mass is 342 g/mol. The topological polar surface area (TPSA) is 64.2 Å². The van der Waals surface area contributed by atoms with E-state index in [2.05, 4.69) is 21.5 Å². The summed E-state index contributed by atoms with van der Waals surface area (Å²) < 4.78 is 7.30. The number of hydrogen-bond acceptors (Lipinski definition) is 5. The maximum atomic E-state index is 13.0. The molecule has 1 unspecified atom stereocenters. The number of carbonyl (C=O) groups excluding carboxylic acids is 1. The van der Waals surface area contributed by atoms with Gasteiger partial charge in [0.25, 0.3) is 0 Å². The van der Waals surface area contributed by atoms with Crippen molar-refractivity contribution in [1.82, 2.24) is 19.7 Å². The Balaban J connectivity index is 1.66. The molecule has 1 aliphatic heterocycles. The summed E-state index contributed by atoms with van der Waals surface area (Å²) >= 11 is 1.74. The Hall–Kier alpha value is -2.41. The minimum absolute atomic E-state index is 0.0289. The van der Waals surface area contributed by atoms with E-state index in [9.17, 15) is 4.79 Å². The van der Waals surface area contributed by atoms with E-state index in [0.717, 1.165) is 18.0 Å². The second-order valence-electron chi connectivity index (χ2n) is 5.92. The molecule has 0 saturated heterocycles. The molecule has 0 aliphatic carbocycles. The van der Waals surface area contributed by atoms with Crippen LogP contribution >= 0.6 is 11.3 Å². The van der Waals surface area contributed by atoms with Gasteiger partial charge in [0.1, 0.15) is 30.0 Å². The first kappa shape index (κ1) is 15.1. The summed E-state index contributed by atoms with van der Waals surface area (Å²) in [5.41, 5.74) is 1.17. The van der Waals surface area contributed by atoms with Crippen LogP contribution in [0.25, 0.3) is 0 Å². The molecule has 3 aromatic heterocycles. The predicted octanol–water partition coefficient (Wildman–Crippen LogP) is 2.72. The highest BCUT2D eigenvalue weighted by Crippen LogP contribution is 2.38. The number of amides is 1. The predicted molar refractivity (Wildman–Crippen MR) is 89.8 cm³/mol. The van der Waals surface area contributed by atoms with Gasteiger partial charge in [0.05, 0.1) is 6.26 Å². The second-order valence-corrected chi connectivity index (χ2v) is 6.92. The number of nitrogens with zero attached hydrogens (tertiary/aromatic N) is 4. The van der Waals surface area contributed by atoms with Gasteiger partial charge in [-0.1, -0.05) is 0 Å². The van der Waals surface area contributed by atoms with Crippen LogP contribution in [-0.4, -0.2) is 32.1 Å². The van der Waals surface area contributed by atoms with Gasteiger partial charge in [-0.15, -0.1) is 11.3 Å². The highest BCUT2D eigenvalue weighted by molar-refractivity contribution is 7.10. The Kier molecular flexibility index (Phi) is 3.72. The molecule has 6 nitrogen and oxygen atoms in total. The number of fused-ring (bicyclic) bond motifs is 1. The van der Waals surface area contributed by atoms with Crippen molar-refractivity contribution in [2.75, 3.05) is 6.54 Å². The molecule has 24 heavy (non-hydrogen) atoms. The molecule has 3 aromatic rings. The Morgan fingerprint density at radius 3 is 3.00 bits per heavy atom. The van der Waals surface area contributed by atoms with E-state index in [-0.39, 0.29) is 18.5 Å². The zero-order valence-electron chi connectivity index (χ0n) is 13.6. The van der Waals surface area contributed by atoms with Crippen LogP contribution in [0.2, 0.25) is 0 Å². The molecule has 1 atom stereocenters. The van der Waals surface area contributed by atoms with Crippen molar-refractivity contribution in [2.45, 2.75) is 32.9 Å². The molecule has 7 heteroatoms. The van der Waals surface area contributed by atoms with Crippen molar-refractivity contribution in [2.24, 2.45) is 0 Å². The van der Waals surface area contributed by atoms with Gasteiger partial charge in [0, 0.05) is 11.4 Å². The summed E-state index contributed by atoms with van der Waals surface area (Å²) in [6.07, 6.45) is 2.54. The Labute approximate surface area is 143 Å². The number of aryl methyl sites for hydroxylation is 2. The van der Waals surface area contributed by atoms with Crippen LogP contribution in [0.15, 0.2) is 34.3 Å². The van der Waals surface area contributed by atoms with Crippen molar-refractivity contribution in [1.29, 1.82) is 0 Å². The molecule has 1 aliphatic rings. The lowest BCUT2D eigenvalue weighted by Crippen LogP contribution is -2.41. The largest absolute Gasteiger partial charge is 0.467 e. The molecule has 0 aromatic carbocycles. The molecule has 0 saturated carbocycles. The molecule has 1 amide bonds. The number of thiophene rings is 1. The smallest absolute Gasteiger partial charge is 0.245 e. The molecule has 4 rings (SSSR count). The summed E-state index contributed by atoms with van der Waals surface area (Å²) in [4.78, 5) is 20.5. The Bertz CT molecular complexity index is 865. The number of carbonyl (C=O) groups is 1. The SMILES string of the molecule is Cc1nc(C)n(CC(=O)N2CCc3sccc3C2c2ccco2)n1. The van der Waals surface area contributed by atoms with E-state index in [1.807, 2.05) is 30.9 Å². The first-order valence-corrected chi connectivity index (χ1v) is 8.78. The molecule has 4 heterocycles. The molecular formula is C17H18N4O2S. The van der Waals surface area contributed by atoms with Gasteiger partial charge in [-0.05, 0) is 49.4 Å². The minimum atomic E-state index is -0.160. The van der Waals surface area contributed by atoms with Crippen molar-refractivity contribution in [3.63, 3.8) is 0 Å². The van der Waals surface area contributed by atoms with Crippen LogP contribution in [0.5, 0.6) is 0 Å². The molecule has 0 bridgehead atoms. The molecule has 0 spiro atoms. The first-order chi connectivity index (χ1) is 11.6. The fourth-order valence-electron chi connectivity index (χ4n) is 3.27. The van der Waals surface area contributed by atoms with E-state index in [4.69, 9.17) is 4.42 Å². The fraction of sp³-hybridized carbons (Fsp3) is 0.353. The third-order valence-electron chi connectivity index (χ3n) is 4.35.